The summed E-state index contributed by atoms with van der Waals surface area (Å²) in [6.07, 6.45) is -4.64. The number of alkyl halides is 3. The number of rotatable bonds is 3. The zero-order chi connectivity index (χ0) is 26.3. The minimum atomic E-state index is -4.64. The van der Waals surface area contributed by atoms with Crippen LogP contribution < -0.4 is 5.32 Å². The lowest BCUT2D eigenvalue weighted by Crippen LogP contribution is -2.56. The Hall–Kier alpha value is -2.68. The number of nitrogens with one attached hydrogen (secondary N) is 1. The molecule has 0 radical (unpaired) electrons. The van der Waals surface area contributed by atoms with Gasteiger partial charge in [0.05, 0.1) is 0 Å². The van der Waals surface area contributed by atoms with E-state index < -0.39 is 29.4 Å². The second-order valence-electron chi connectivity index (χ2n) is 10.1. The Kier molecular flexibility index (Phi) is 7.50. The minimum Gasteiger partial charge on any atom is -0.334 e. The van der Waals surface area contributed by atoms with Crippen LogP contribution in [0.15, 0.2) is 24.3 Å². The lowest BCUT2D eigenvalue weighted by molar-refractivity contribution is -0.144. The molecule has 2 aromatic rings. The molecule has 3 rings (SSSR count). The van der Waals surface area contributed by atoms with Crippen molar-refractivity contribution in [3.05, 3.63) is 46.2 Å². The van der Waals surface area contributed by atoms with Crippen LogP contribution in [0.3, 0.4) is 0 Å². The summed E-state index contributed by atoms with van der Waals surface area (Å²) in [5.74, 6) is -0.488. The van der Waals surface area contributed by atoms with E-state index in [0.29, 0.717) is 10.6 Å². The van der Waals surface area contributed by atoms with Gasteiger partial charge in [-0.15, -0.1) is 0 Å². The molecule has 0 atom stereocenters. The van der Waals surface area contributed by atoms with Crippen LogP contribution >= 0.6 is 11.6 Å². The van der Waals surface area contributed by atoms with Gasteiger partial charge in [0.2, 0.25) is 0 Å². The molecule has 6 nitrogen and oxygen atoms in total. The summed E-state index contributed by atoms with van der Waals surface area (Å²) in [5, 5.41) is 3.34. The number of hydrogen-bond acceptors (Lipinski definition) is 2. The molecule has 1 saturated heterocycles. The Morgan fingerprint density at radius 1 is 0.971 bits per heavy atom. The molecule has 0 spiro atoms. The topological polar surface area (TPSA) is 57.6 Å². The summed E-state index contributed by atoms with van der Waals surface area (Å²) in [5.41, 5.74) is -0.492. The fourth-order valence-electron chi connectivity index (χ4n) is 4.42. The summed E-state index contributed by atoms with van der Waals surface area (Å²) in [6.45, 7) is 11.3. The van der Waals surface area contributed by atoms with Crippen molar-refractivity contribution in [2.45, 2.75) is 59.3 Å². The van der Waals surface area contributed by atoms with Gasteiger partial charge in [-0.1, -0.05) is 23.7 Å². The largest absolute Gasteiger partial charge is 0.431 e. The highest BCUT2D eigenvalue weighted by atomic mass is 35.5. The molecule has 2 heterocycles. The van der Waals surface area contributed by atoms with Gasteiger partial charge in [0.1, 0.15) is 11.4 Å². The van der Waals surface area contributed by atoms with Gasteiger partial charge < -0.3 is 19.7 Å². The van der Waals surface area contributed by atoms with Crippen LogP contribution in [0.5, 0.6) is 0 Å². The SMILES string of the molecule is Cc1c(-c2ccc(Cl)cc2)c(C(=O)N2CCN(C(=O)NC(C)(C)C)CC2)n(C(C)C)c1C(F)(F)F. The number of hydrogen-bond donors (Lipinski definition) is 1. The zero-order valence-electron chi connectivity index (χ0n) is 20.9. The Morgan fingerprint density at radius 3 is 1.94 bits per heavy atom. The van der Waals surface area contributed by atoms with Gasteiger partial charge in [-0.05, 0) is 64.8 Å². The first-order valence-corrected chi connectivity index (χ1v) is 11.9. The first-order valence-electron chi connectivity index (χ1n) is 11.6. The fraction of sp³-hybridized carbons (Fsp3) is 0.520. The third-order valence-electron chi connectivity index (χ3n) is 5.91. The summed E-state index contributed by atoms with van der Waals surface area (Å²) in [7, 11) is 0. The molecule has 1 aliphatic heterocycles. The monoisotopic (exact) mass is 512 g/mol. The zero-order valence-corrected chi connectivity index (χ0v) is 21.6. The fourth-order valence-corrected chi connectivity index (χ4v) is 4.54. The molecule has 35 heavy (non-hydrogen) atoms. The van der Waals surface area contributed by atoms with Crippen molar-refractivity contribution in [3.8, 4) is 11.1 Å². The molecule has 192 valence electrons. The minimum absolute atomic E-state index is 0.0000587. The Balaban J connectivity index is 2.03. The Labute approximate surface area is 209 Å². The maximum absolute atomic E-state index is 14.2. The van der Waals surface area contributed by atoms with Gasteiger partial charge in [-0.25, -0.2) is 4.79 Å². The first-order chi connectivity index (χ1) is 16.1. The highest BCUT2D eigenvalue weighted by molar-refractivity contribution is 6.30. The number of nitrogens with zero attached hydrogens (tertiary/aromatic N) is 3. The van der Waals surface area contributed by atoms with E-state index in [4.69, 9.17) is 11.6 Å². The normalized spacial score (nSPS) is 15.1. The summed E-state index contributed by atoms with van der Waals surface area (Å²) in [4.78, 5) is 29.4. The van der Waals surface area contributed by atoms with Crippen molar-refractivity contribution in [2.75, 3.05) is 26.2 Å². The van der Waals surface area contributed by atoms with Crippen molar-refractivity contribution in [3.63, 3.8) is 0 Å². The van der Waals surface area contributed by atoms with Crippen molar-refractivity contribution in [1.29, 1.82) is 0 Å². The van der Waals surface area contributed by atoms with Crippen LogP contribution in [-0.2, 0) is 6.18 Å². The van der Waals surface area contributed by atoms with E-state index in [1.807, 2.05) is 20.8 Å². The maximum Gasteiger partial charge on any atom is 0.431 e. The predicted molar refractivity (Wildman–Crippen MR) is 131 cm³/mol. The number of piperazine rings is 1. The maximum atomic E-state index is 14.2. The lowest BCUT2D eigenvalue weighted by atomic mass is 10.00. The van der Waals surface area contributed by atoms with Gasteiger partial charge >= 0.3 is 12.2 Å². The molecule has 0 bridgehead atoms. The molecule has 1 aromatic heterocycles. The molecule has 0 saturated carbocycles. The van der Waals surface area contributed by atoms with Crippen LogP contribution in [0.1, 0.15) is 62.4 Å². The van der Waals surface area contributed by atoms with Gasteiger partial charge in [-0.2, -0.15) is 13.2 Å². The van der Waals surface area contributed by atoms with Crippen molar-refractivity contribution in [1.82, 2.24) is 19.7 Å². The third-order valence-corrected chi connectivity index (χ3v) is 6.16. The first kappa shape index (κ1) is 26.9. The van der Waals surface area contributed by atoms with E-state index in [1.54, 1.807) is 43.0 Å². The van der Waals surface area contributed by atoms with Gasteiger partial charge in [-0.3, -0.25) is 4.79 Å². The highest BCUT2D eigenvalue weighted by Gasteiger charge is 2.42. The number of benzene rings is 1. The van der Waals surface area contributed by atoms with Gasteiger partial charge in [0.25, 0.3) is 5.91 Å². The number of aromatic nitrogens is 1. The Bertz CT molecular complexity index is 1090. The van der Waals surface area contributed by atoms with E-state index >= 15 is 0 Å². The number of carbonyl (C=O) groups excluding carboxylic acids is 2. The highest BCUT2D eigenvalue weighted by Crippen LogP contribution is 2.43. The van der Waals surface area contributed by atoms with E-state index in [0.717, 1.165) is 4.57 Å². The van der Waals surface area contributed by atoms with E-state index in [2.05, 4.69) is 5.32 Å². The average molecular weight is 513 g/mol. The number of amides is 3. The second-order valence-corrected chi connectivity index (χ2v) is 10.6. The molecular formula is C25H32ClF3N4O2. The molecule has 1 aromatic carbocycles. The average Bonchev–Trinajstić information content (AvgIpc) is 3.06. The summed E-state index contributed by atoms with van der Waals surface area (Å²) >= 11 is 6.00. The molecule has 1 fully saturated rings. The predicted octanol–water partition coefficient (Wildman–Crippen LogP) is 5.98. The lowest BCUT2D eigenvalue weighted by Gasteiger charge is -2.36. The van der Waals surface area contributed by atoms with Crippen LogP contribution in [0, 0.1) is 6.92 Å². The van der Waals surface area contributed by atoms with E-state index in [-0.39, 0.29) is 49.0 Å². The molecule has 3 amide bonds. The van der Waals surface area contributed by atoms with Crippen LogP contribution in [0.25, 0.3) is 11.1 Å². The van der Waals surface area contributed by atoms with Crippen molar-refractivity contribution >= 4 is 23.5 Å². The smallest absolute Gasteiger partial charge is 0.334 e. The summed E-state index contributed by atoms with van der Waals surface area (Å²) in [6, 6.07) is 5.60. The molecular weight excluding hydrogens is 481 g/mol. The number of halogens is 4. The molecule has 1 N–H and O–H groups in total. The Morgan fingerprint density at radius 2 is 1.49 bits per heavy atom. The second kappa shape index (κ2) is 9.76. The van der Waals surface area contributed by atoms with E-state index in [9.17, 15) is 22.8 Å². The van der Waals surface area contributed by atoms with Gasteiger partial charge in [0, 0.05) is 48.3 Å². The standard InChI is InChI=1S/C25H32ClF3N4O2/c1-15(2)33-20(22(34)31-11-13-32(14-12-31)23(35)30-24(4,5)6)19(16(3)21(33)25(27,28)29)17-7-9-18(26)10-8-17/h7-10,15H,11-14H2,1-6H3,(H,30,35). The van der Waals surface area contributed by atoms with Gasteiger partial charge in [0.15, 0.2) is 0 Å². The van der Waals surface area contributed by atoms with E-state index in [1.165, 1.54) is 11.8 Å². The van der Waals surface area contributed by atoms with Crippen molar-refractivity contribution in [2.24, 2.45) is 0 Å². The third kappa shape index (κ3) is 5.77. The quantitative estimate of drug-likeness (QED) is 0.550. The van der Waals surface area contributed by atoms with Crippen LogP contribution in [0.2, 0.25) is 5.02 Å². The number of carbonyl (C=O) groups is 2. The molecule has 10 heteroatoms. The molecule has 1 aliphatic rings. The molecule has 0 unspecified atom stereocenters. The van der Waals surface area contributed by atoms with Crippen molar-refractivity contribution < 1.29 is 22.8 Å². The summed E-state index contributed by atoms with van der Waals surface area (Å²) < 4.78 is 43.7. The van der Waals surface area contributed by atoms with Crippen LogP contribution in [-0.4, -0.2) is 58.0 Å². The number of urea groups is 1. The molecule has 0 aliphatic carbocycles. The van der Waals surface area contributed by atoms with Crippen LogP contribution in [0.4, 0.5) is 18.0 Å².